The van der Waals surface area contributed by atoms with Crippen molar-refractivity contribution in [2.24, 2.45) is 0 Å². The highest BCUT2D eigenvalue weighted by atomic mass is 16.5. The van der Waals surface area contributed by atoms with Crippen LogP contribution in [0.3, 0.4) is 0 Å². The van der Waals surface area contributed by atoms with Gasteiger partial charge in [-0.05, 0) is 50.6 Å². The van der Waals surface area contributed by atoms with Crippen molar-refractivity contribution in [2.45, 2.75) is 32.9 Å². The first kappa shape index (κ1) is 18.5. The van der Waals surface area contributed by atoms with Crippen LogP contribution in [0.4, 0.5) is 0 Å². The molecule has 2 rings (SSSR count). The van der Waals surface area contributed by atoms with Gasteiger partial charge in [-0.15, -0.1) is 0 Å². The molecule has 2 aromatic rings. The van der Waals surface area contributed by atoms with Crippen LogP contribution in [0, 0.1) is 0 Å². The molecule has 25 heavy (non-hydrogen) atoms. The van der Waals surface area contributed by atoms with E-state index < -0.39 is 12.1 Å². The molecule has 5 nitrogen and oxygen atoms in total. The number of nitrogens with one attached hydrogen (secondary N) is 1. The molecule has 0 saturated carbocycles. The fourth-order valence-electron chi connectivity index (χ4n) is 2.29. The lowest BCUT2D eigenvalue weighted by molar-refractivity contribution is -0.129. The molecule has 1 N–H and O–H groups in total. The molecular weight excluding hydrogens is 318 g/mol. The van der Waals surface area contributed by atoms with E-state index in [1.54, 1.807) is 31.2 Å². The number of hydrogen-bond donors (Lipinski definition) is 1. The minimum atomic E-state index is -0.884. The zero-order valence-corrected chi connectivity index (χ0v) is 14.7. The number of benzene rings is 2. The van der Waals surface area contributed by atoms with Gasteiger partial charge in [0.2, 0.25) is 0 Å². The molecule has 132 valence electrons. The first-order valence-corrected chi connectivity index (χ1v) is 8.30. The molecule has 0 radical (unpaired) electrons. The summed E-state index contributed by atoms with van der Waals surface area (Å²) < 4.78 is 10.6. The molecule has 0 aliphatic rings. The van der Waals surface area contributed by atoms with Gasteiger partial charge in [-0.2, -0.15) is 0 Å². The number of carbonyl (C=O) groups excluding carboxylic acids is 2. The highest BCUT2D eigenvalue weighted by molar-refractivity contribution is 5.92. The van der Waals surface area contributed by atoms with Crippen LogP contribution in [0.1, 0.15) is 42.7 Å². The third-order valence-electron chi connectivity index (χ3n) is 3.71. The molecule has 0 fully saturated rings. The summed E-state index contributed by atoms with van der Waals surface area (Å²) in [6, 6.07) is 16.1. The zero-order valence-electron chi connectivity index (χ0n) is 14.7. The first-order chi connectivity index (χ1) is 12.0. The monoisotopic (exact) mass is 341 g/mol. The van der Waals surface area contributed by atoms with Crippen LogP contribution < -0.4 is 10.1 Å². The molecule has 0 aromatic heterocycles. The Bertz CT molecular complexity index is 697. The van der Waals surface area contributed by atoms with Crippen LogP contribution in [0.15, 0.2) is 54.6 Å². The molecule has 0 bridgehead atoms. The van der Waals surface area contributed by atoms with Crippen molar-refractivity contribution in [3.05, 3.63) is 65.7 Å². The van der Waals surface area contributed by atoms with E-state index in [1.165, 1.54) is 0 Å². The zero-order chi connectivity index (χ0) is 18.2. The van der Waals surface area contributed by atoms with Gasteiger partial charge in [-0.3, -0.25) is 4.79 Å². The van der Waals surface area contributed by atoms with Gasteiger partial charge < -0.3 is 14.8 Å². The summed E-state index contributed by atoms with van der Waals surface area (Å²) >= 11 is 0. The van der Waals surface area contributed by atoms with Crippen molar-refractivity contribution in [3.63, 3.8) is 0 Å². The van der Waals surface area contributed by atoms with Gasteiger partial charge in [0.05, 0.1) is 18.2 Å². The average Bonchev–Trinajstić information content (AvgIpc) is 2.63. The van der Waals surface area contributed by atoms with Gasteiger partial charge >= 0.3 is 5.97 Å². The highest BCUT2D eigenvalue weighted by Crippen LogP contribution is 2.14. The van der Waals surface area contributed by atoms with Crippen LogP contribution in [0.5, 0.6) is 5.75 Å². The second kappa shape index (κ2) is 8.87. The Morgan fingerprint density at radius 3 is 2.24 bits per heavy atom. The number of carbonyl (C=O) groups is 2. The van der Waals surface area contributed by atoms with Crippen LogP contribution in [-0.2, 0) is 9.53 Å². The van der Waals surface area contributed by atoms with Gasteiger partial charge in [0.1, 0.15) is 5.75 Å². The number of amides is 1. The van der Waals surface area contributed by atoms with E-state index in [9.17, 15) is 9.59 Å². The molecule has 5 heteroatoms. The SMILES string of the molecule is CCOc1ccc(C(=O)OC(C)C(=O)NC(C)c2ccccc2)cc1. The number of hydrogen-bond acceptors (Lipinski definition) is 4. The van der Waals surface area contributed by atoms with E-state index in [0.717, 1.165) is 5.56 Å². The van der Waals surface area contributed by atoms with Crippen molar-refractivity contribution in [1.82, 2.24) is 5.32 Å². The fraction of sp³-hybridized carbons (Fsp3) is 0.300. The Morgan fingerprint density at radius 1 is 1.00 bits per heavy atom. The summed E-state index contributed by atoms with van der Waals surface area (Å²) in [6.45, 7) is 5.88. The normalized spacial score (nSPS) is 12.8. The second-order valence-corrected chi connectivity index (χ2v) is 5.65. The topological polar surface area (TPSA) is 64.6 Å². The summed E-state index contributed by atoms with van der Waals surface area (Å²) in [4.78, 5) is 24.4. The van der Waals surface area contributed by atoms with E-state index in [1.807, 2.05) is 44.2 Å². The van der Waals surface area contributed by atoms with E-state index in [-0.39, 0.29) is 11.9 Å². The molecule has 0 heterocycles. The number of esters is 1. The van der Waals surface area contributed by atoms with E-state index in [0.29, 0.717) is 17.9 Å². The number of rotatable bonds is 7. The Balaban J connectivity index is 1.90. The van der Waals surface area contributed by atoms with Crippen molar-refractivity contribution in [1.29, 1.82) is 0 Å². The predicted octanol–water partition coefficient (Wildman–Crippen LogP) is 3.51. The molecule has 0 saturated heterocycles. The average molecular weight is 341 g/mol. The van der Waals surface area contributed by atoms with Crippen LogP contribution in [0.25, 0.3) is 0 Å². The van der Waals surface area contributed by atoms with Gasteiger partial charge in [0.25, 0.3) is 5.91 Å². The van der Waals surface area contributed by atoms with Crippen LogP contribution >= 0.6 is 0 Å². The van der Waals surface area contributed by atoms with Crippen molar-refractivity contribution < 1.29 is 19.1 Å². The molecule has 0 aliphatic carbocycles. The summed E-state index contributed by atoms with van der Waals surface area (Å²) in [5.74, 6) is -0.199. The highest BCUT2D eigenvalue weighted by Gasteiger charge is 2.20. The maximum Gasteiger partial charge on any atom is 0.338 e. The Hall–Kier alpha value is -2.82. The third kappa shape index (κ3) is 5.35. The Morgan fingerprint density at radius 2 is 1.64 bits per heavy atom. The maximum atomic E-state index is 12.2. The molecule has 0 aliphatic heterocycles. The van der Waals surface area contributed by atoms with Crippen LogP contribution in [-0.4, -0.2) is 24.6 Å². The lowest BCUT2D eigenvalue weighted by Gasteiger charge is -2.18. The molecule has 2 aromatic carbocycles. The van der Waals surface area contributed by atoms with Crippen molar-refractivity contribution in [2.75, 3.05) is 6.61 Å². The second-order valence-electron chi connectivity index (χ2n) is 5.65. The van der Waals surface area contributed by atoms with E-state index in [4.69, 9.17) is 9.47 Å². The van der Waals surface area contributed by atoms with Gasteiger partial charge in [-0.1, -0.05) is 30.3 Å². The predicted molar refractivity (Wildman–Crippen MR) is 95.5 cm³/mol. The summed E-state index contributed by atoms with van der Waals surface area (Å²) in [5.41, 5.74) is 1.36. The van der Waals surface area contributed by atoms with Crippen molar-refractivity contribution >= 4 is 11.9 Å². The molecule has 2 unspecified atom stereocenters. The molecule has 1 amide bonds. The third-order valence-corrected chi connectivity index (χ3v) is 3.71. The Labute approximate surface area is 148 Å². The van der Waals surface area contributed by atoms with Gasteiger partial charge in [0, 0.05) is 0 Å². The maximum absolute atomic E-state index is 12.2. The lowest BCUT2D eigenvalue weighted by atomic mass is 10.1. The fourth-order valence-corrected chi connectivity index (χ4v) is 2.29. The summed E-state index contributed by atoms with van der Waals surface area (Å²) in [5, 5.41) is 2.84. The Kier molecular flexibility index (Phi) is 6.57. The quantitative estimate of drug-likeness (QED) is 0.783. The van der Waals surface area contributed by atoms with Gasteiger partial charge in [0.15, 0.2) is 6.10 Å². The molecule has 2 atom stereocenters. The minimum Gasteiger partial charge on any atom is -0.494 e. The summed E-state index contributed by atoms with van der Waals surface area (Å²) in [6.07, 6.45) is -0.884. The molecule has 0 spiro atoms. The smallest absolute Gasteiger partial charge is 0.338 e. The summed E-state index contributed by atoms with van der Waals surface area (Å²) in [7, 11) is 0. The number of ether oxygens (including phenoxy) is 2. The van der Waals surface area contributed by atoms with E-state index in [2.05, 4.69) is 5.32 Å². The largest absolute Gasteiger partial charge is 0.494 e. The van der Waals surface area contributed by atoms with Crippen molar-refractivity contribution in [3.8, 4) is 5.75 Å². The first-order valence-electron chi connectivity index (χ1n) is 8.30. The van der Waals surface area contributed by atoms with Crippen LogP contribution in [0.2, 0.25) is 0 Å². The minimum absolute atomic E-state index is 0.166. The van der Waals surface area contributed by atoms with E-state index >= 15 is 0 Å². The standard InChI is InChI=1S/C20H23NO4/c1-4-24-18-12-10-17(11-13-18)20(23)25-15(3)19(22)21-14(2)16-8-6-5-7-9-16/h5-15H,4H2,1-3H3,(H,21,22). The van der Waals surface area contributed by atoms with Gasteiger partial charge in [-0.25, -0.2) is 4.79 Å². The molecular formula is C20H23NO4. The lowest BCUT2D eigenvalue weighted by Crippen LogP contribution is -2.37.